The summed E-state index contributed by atoms with van der Waals surface area (Å²) < 4.78 is 0. The van der Waals surface area contributed by atoms with E-state index >= 15 is 0 Å². The molecule has 0 bridgehead atoms. The Labute approximate surface area is 93.3 Å². The summed E-state index contributed by atoms with van der Waals surface area (Å²) in [5, 5.41) is 3.42. The molecule has 0 unspecified atom stereocenters. The Morgan fingerprint density at radius 2 is 1.79 bits per heavy atom. The van der Waals surface area contributed by atoms with E-state index in [-0.39, 0.29) is 12.4 Å². The van der Waals surface area contributed by atoms with Gasteiger partial charge in [0.15, 0.2) is 0 Å². The van der Waals surface area contributed by atoms with Crippen molar-refractivity contribution in [3.63, 3.8) is 0 Å². The molecule has 1 N–H and O–H groups in total. The van der Waals surface area contributed by atoms with E-state index in [2.05, 4.69) is 49.5 Å². The molecular formula is C12H19ClN-. The summed E-state index contributed by atoms with van der Waals surface area (Å²) in [6.45, 7) is 5.48. The van der Waals surface area contributed by atoms with Crippen LogP contribution in [0.5, 0.6) is 0 Å². The van der Waals surface area contributed by atoms with Crippen molar-refractivity contribution in [1.82, 2.24) is 5.32 Å². The molecule has 0 atom stereocenters. The van der Waals surface area contributed by atoms with E-state index in [4.69, 9.17) is 0 Å². The van der Waals surface area contributed by atoms with E-state index in [0.717, 1.165) is 6.54 Å². The molecule has 0 spiro atoms. The van der Waals surface area contributed by atoms with Gasteiger partial charge in [0, 0.05) is 6.04 Å². The fourth-order valence-electron chi connectivity index (χ4n) is 1.33. The van der Waals surface area contributed by atoms with Gasteiger partial charge in [-0.15, -0.1) is 0 Å². The lowest BCUT2D eigenvalue weighted by molar-refractivity contribution is -0.00000300. The fraction of sp³-hybridized carbons (Fsp3) is 0.500. The molecule has 1 nitrogen and oxygen atoms in total. The highest BCUT2D eigenvalue weighted by Gasteiger charge is 1.93. The summed E-state index contributed by atoms with van der Waals surface area (Å²) in [6, 6.07) is 11.3. The molecule has 0 fully saturated rings. The first-order valence-corrected chi connectivity index (χ1v) is 5.06. The average molecular weight is 213 g/mol. The number of benzene rings is 1. The van der Waals surface area contributed by atoms with Crippen molar-refractivity contribution in [2.45, 2.75) is 32.7 Å². The zero-order valence-electron chi connectivity index (χ0n) is 8.96. The van der Waals surface area contributed by atoms with Crippen LogP contribution in [0.25, 0.3) is 0 Å². The van der Waals surface area contributed by atoms with Crippen LogP contribution >= 0.6 is 0 Å². The Bertz CT molecular complexity index is 221. The minimum Gasteiger partial charge on any atom is -1.00 e. The minimum atomic E-state index is 0. The number of hydrogen-bond acceptors (Lipinski definition) is 1. The van der Waals surface area contributed by atoms with E-state index in [1.165, 1.54) is 18.4 Å². The molecule has 2 heteroatoms. The van der Waals surface area contributed by atoms with E-state index in [1.54, 1.807) is 0 Å². The summed E-state index contributed by atoms with van der Waals surface area (Å²) in [5.74, 6) is 0. The first-order chi connectivity index (χ1) is 6.29. The summed E-state index contributed by atoms with van der Waals surface area (Å²) in [5.41, 5.74) is 1.44. The monoisotopic (exact) mass is 212 g/mol. The quantitative estimate of drug-likeness (QED) is 0.657. The van der Waals surface area contributed by atoms with Gasteiger partial charge in [-0.1, -0.05) is 44.2 Å². The third-order valence-corrected chi connectivity index (χ3v) is 2.04. The van der Waals surface area contributed by atoms with Crippen LogP contribution in [0.1, 0.15) is 25.8 Å². The van der Waals surface area contributed by atoms with Gasteiger partial charge in [0.2, 0.25) is 0 Å². The number of aryl methyl sites for hydroxylation is 1. The molecule has 1 aromatic carbocycles. The highest BCUT2D eigenvalue weighted by Crippen LogP contribution is 2.01. The topological polar surface area (TPSA) is 12.0 Å². The lowest BCUT2D eigenvalue weighted by atomic mass is 10.1. The molecule has 1 rings (SSSR count). The van der Waals surface area contributed by atoms with Crippen LogP contribution in [0.15, 0.2) is 30.3 Å². The van der Waals surface area contributed by atoms with Crippen molar-refractivity contribution < 1.29 is 12.4 Å². The maximum Gasteiger partial charge on any atom is 0.00103 e. The van der Waals surface area contributed by atoms with E-state index < -0.39 is 0 Å². The maximum atomic E-state index is 3.42. The third kappa shape index (κ3) is 6.01. The molecule has 0 aliphatic carbocycles. The van der Waals surface area contributed by atoms with E-state index in [0.29, 0.717) is 6.04 Å². The number of hydrogen-bond donors (Lipinski definition) is 1. The van der Waals surface area contributed by atoms with Gasteiger partial charge in [0.1, 0.15) is 0 Å². The van der Waals surface area contributed by atoms with Gasteiger partial charge < -0.3 is 17.7 Å². The van der Waals surface area contributed by atoms with Gasteiger partial charge in [-0.05, 0) is 24.9 Å². The van der Waals surface area contributed by atoms with Crippen LogP contribution in [-0.4, -0.2) is 12.6 Å². The second-order valence-corrected chi connectivity index (χ2v) is 3.70. The highest BCUT2D eigenvalue weighted by molar-refractivity contribution is 5.14. The van der Waals surface area contributed by atoms with Gasteiger partial charge in [-0.2, -0.15) is 0 Å². The first kappa shape index (κ1) is 13.5. The summed E-state index contributed by atoms with van der Waals surface area (Å²) in [4.78, 5) is 0. The Morgan fingerprint density at radius 3 is 2.36 bits per heavy atom. The number of nitrogens with one attached hydrogen (secondary N) is 1. The largest absolute Gasteiger partial charge is 1.00 e. The predicted octanol–water partition coefficient (Wildman–Crippen LogP) is -0.379. The van der Waals surface area contributed by atoms with E-state index in [1.807, 2.05) is 0 Å². The molecule has 0 amide bonds. The Morgan fingerprint density at radius 1 is 1.14 bits per heavy atom. The standard InChI is InChI=1S/C12H19N.ClH/c1-11(2)13-10-6-9-12-7-4-3-5-8-12;/h3-5,7-8,11,13H,6,9-10H2,1-2H3;1H/p-1. The molecule has 0 saturated carbocycles. The van der Waals surface area contributed by atoms with Gasteiger partial charge in [-0.25, -0.2) is 0 Å². The molecule has 1 aromatic rings. The molecule has 0 radical (unpaired) electrons. The third-order valence-electron chi connectivity index (χ3n) is 2.04. The molecule has 0 aliphatic rings. The van der Waals surface area contributed by atoms with Crippen LogP contribution in [0.2, 0.25) is 0 Å². The lowest BCUT2D eigenvalue weighted by Crippen LogP contribution is -3.00. The van der Waals surface area contributed by atoms with Crippen molar-refractivity contribution in [2.24, 2.45) is 0 Å². The predicted molar refractivity (Wildman–Crippen MR) is 57.9 cm³/mol. The molecule has 0 heterocycles. The Kier molecular flexibility index (Phi) is 7.54. The van der Waals surface area contributed by atoms with Crippen molar-refractivity contribution in [1.29, 1.82) is 0 Å². The second-order valence-electron chi connectivity index (χ2n) is 3.70. The molecule has 14 heavy (non-hydrogen) atoms. The van der Waals surface area contributed by atoms with Gasteiger partial charge >= 0.3 is 0 Å². The summed E-state index contributed by atoms with van der Waals surface area (Å²) >= 11 is 0. The number of halogens is 1. The van der Waals surface area contributed by atoms with E-state index in [9.17, 15) is 0 Å². The van der Waals surface area contributed by atoms with Crippen LogP contribution in [-0.2, 0) is 6.42 Å². The van der Waals surface area contributed by atoms with Gasteiger partial charge in [0.25, 0.3) is 0 Å². The summed E-state index contributed by atoms with van der Waals surface area (Å²) in [6.07, 6.45) is 2.41. The molecule has 0 saturated heterocycles. The Hall–Kier alpha value is -0.530. The molecule has 0 aromatic heterocycles. The summed E-state index contributed by atoms with van der Waals surface area (Å²) in [7, 11) is 0. The zero-order valence-corrected chi connectivity index (χ0v) is 9.72. The maximum absolute atomic E-state index is 3.42. The second kappa shape index (κ2) is 7.84. The molecule has 80 valence electrons. The van der Waals surface area contributed by atoms with Crippen LogP contribution < -0.4 is 17.7 Å². The zero-order chi connectivity index (χ0) is 9.52. The van der Waals surface area contributed by atoms with Crippen molar-refractivity contribution >= 4 is 0 Å². The molecule has 0 aliphatic heterocycles. The van der Waals surface area contributed by atoms with Crippen molar-refractivity contribution in [2.75, 3.05) is 6.54 Å². The minimum absolute atomic E-state index is 0. The van der Waals surface area contributed by atoms with Crippen molar-refractivity contribution in [3.05, 3.63) is 35.9 Å². The Balaban J connectivity index is 0.00000169. The van der Waals surface area contributed by atoms with Crippen LogP contribution in [0, 0.1) is 0 Å². The first-order valence-electron chi connectivity index (χ1n) is 5.06. The average Bonchev–Trinajstić information content (AvgIpc) is 2.14. The van der Waals surface area contributed by atoms with Crippen LogP contribution in [0.4, 0.5) is 0 Å². The van der Waals surface area contributed by atoms with Crippen molar-refractivity contribution in [3.8, 4) is 0 Å². The van der Waals surface area contributed by atoms with Gasteiger partial charge in [-0.3, -0.25) is 0 Å². The fourth-order valence-corrected chi connectivity index (χ4v) is 1.33. The van der Waals surface area contributed by atoms with Gasteiger partial charge in [0.05, 0.1) is 0 Å². The number of rotatable bonds is 5. The smallest absolute Gasteiger partial charge is 0.00103 e. The molecular weight excluding hydrogens is 194 g/mol. The normalized spacial score (nSPS) is 9.93. The SMILES string of the molecule is CC(C)NCCCc1ccccc1.[Cl-]. The lowest BCUT2D eigenvalue weighted by Gasteiger charge is -2.07. The highest BCUT2D eigenvalue weighted by atomic mass is 35.5. The van der Waals surface area contributed by atoms with Crippen LogP contribution in [0.3, 0.4) is 0 Å².